The van der Waals surface area contributed by atoms with Crippen LogP contribution in [0.3, 0.4) is 0 Å². The van der Waals surface area contributed by atoms with E-state index >= 15 is 0 Å². The normalized spacial score (nSPS) is 16.4. The second-order valence-electron chi connectivity index (χ2n) is 6.06. The maximum atomic E-state index is 13.0. The van der Waals surface area contributed by atoms with E-state index in [1.165, 1.54) is 7.11 Å². The number of hydrogen-bond acceptors (Lipinski definition) is 5. The van der Waals surface area contributed by atoms with Crippen molar-refractivity contribution in [2.24, 2.45) is 5.73 Å². The number of hydrogen-bond donors (Lipinski definition) is 2. The van der Waals surface area contributed by atoms with E-state index in [0.29, 0.717) is 43.1 Å². The van der Waals surface area contributed by atoms with Crippen molar-refractivity contribution in [2.75, 3.05) is 33.9 Å². The molecule has 2 rings (SSSR count). The Labute approximate surface area is 160 Å². The number of nitrogens with zero attached hydrogens (tertiary/aromatic N) is 1. The average Bonchev–Trinajstić information content (AvgIpc) is 2.65. The highest BCUT2D eigenvalue weighted by Crippen LogP contribution is 2.28. The van der Waals surface area contributed by atoms with E-state index in [1.807, 2.05) is 4.90 Å². The Hall–Kier alpha value is -1.99. The fourth-order valence-electron chi connectivity index (χ4n) is 3.06. The van der Waals surface area contributed by atoms with E-state index in [4.69, 9.17) is 15.2 Å². The zero-order valence-corrected chi connectivity index (χ0v) is 16.1. The lowest BCUT2D eigenvalue weighted by Crippen LogP contribution is -2.49. The van der Waals surface area contributed by atoms with Gasteiger partial charge in [0.15, 0.2) is 0 Å². The number of halogens is 1. The van der Waals surface area contributed by atoms with Crippen LogP contribution in [0, 0.1) is 0 Å². The van der Waals surface area contributed by atoms with Crippen LogP contribution < -0.4 is 20.5 Å². The largest absolute Gasteiger partial charge is 0.497 e. The molecule has 1 aromatic carbocycles. The number of carbonyl (C=O) groups excluding carboxylic acids is 2. The van der Waals surface area contributed by atoms with Gasteiger partial charge in [-0.3, -0.25) is 9.59 Å². The number of benzene rings is 1. The number of nitrogens with one attached hydrogen (secondary N) is 1. The number of methoxy groups -OCH3 is 2. The minimum Gasteiger partial charge on any atom is -0.497 e. The first-order valence-corrected chi connectivity index (χ1v) is 8.60. The molecule has 1 unspecified atom stereocenters. The molecule has 1 aliphatic heterocycles. The Kier molecular flexibility index (Phi) is 9.23. The summed E-state index contributed by atoms with van der Waals surface area (Å²) in [6, 6.07) is 5.15. The highest BCUT2D eigenvalue weighted by Gasteiger charge is 2.29. The maximum absolute atomic E-state index is 13.0. The van der Waals surface area contributed by atoms with Gasteiger partial charge in [-0.2, -0.15) is 0 Å². The summed E-state index contributed by atoms with van der Waals surface area (Å²) in [5.74, 6) is 0.957. The van der Waals surface area contributed by atoms with Gasteiger partial charge in [0.1, 0.15) is 11.5 Å². The first kappa shape index (κ1) is 22.1. The van der Waals surface area contributed by atoms with Crippen LogP contribution in [0.25, 0.3) is 0 Å². The van der Waals surface area contributed by atoms with E-state index in [0.717, 1.165) is 19.3 Å². The van der Waals surface area contributed by atoms with E-state index in [-0.39, 0.29) is 30.3 Å². The van der Waals surface area contributed by atoms with Crippen LogP contribution in [0.4, 0.5) is 0 Å². The molecule has 0 saturated carbocycles. The number of nitrogens with two attached hydrogens (primary N) is 1. The highest BCUT2D eigenvalue weighted by molar-refractivity contribution is 5.97. The third-order valence-electron chi connectivity index (χ3n) is 4.43. The summed E-state index contributed by atoms with van der Waals surface area (Å²) in [5, 5.41) is 2.87. The van der Waals surface area contributed by atoms with Crippen LogP contribution in [0.15, 0.2) is 18.2 Å². The quantitative estimate of drug-likeness (QED) is 0.743. The Morgan fingerprint density at radius 1 is 1.27 bits per heavy atom. The number of amides is 2. The van der Waals surface area contributed by atoms with Gasteiger partial charge in [-0.05, 0) is 31.4 Å². The third-order valence-corrected chi connectivity index (χ3v) is 4.43. The standard InChI is InChI=1S/C18H27N3O4.ClH/c1-24-14-6-7-15(16(11-14)25-2)18(23)21-10-4-3-5-13(21)12-20-17(22)8-9-19;/h6-7,11,13H,3-5,8-10,12,19H2,1-2H3,(H,20,22);1H. The van der Waals surface area contributed by atoms with Crippen LogP contribution in [-0.2, 0) is 4.79 Å². The molecular formula is C18H28ClN3O4. The summed E-state index contributed by atoms with van der Waals surface area (Å²) < 4.78 is 10.5. The van der Waals surface area contributed by atoms with Gasteiger partial charge in [-0.25, -0.2) is 0 Å². The van der Waals surface area contributed by atoms with E-state index in [2.05, 4.69) is 5.32 Å². The molecule has 8 heteroatoms. The minimum absolute atomic E-state index is 0. The molecule has 1 aliphatic rings. The molecule has 3 N–H and O–H groups in total. The minimum atomic E-state index is -0.0859. The highest BCUT2D eigenvalue weighted by atomic mass is 35.5. The number of carbonyl (C=O) groups is 2. The summed E-state index contributed by atoms with van der Waals surface area (Å²) in [6.07, 6.45) is 3.17. The van der Waals surface area contributed by atoms with Crippen LogP contribution in [0.5, 0.6) is 11.5 Å². The molecule has 0 aromatic heterocycles. The molecule has 0 bridgehead atoms. The monoisotopic (exact) mass is 385 g/mol. The van der Waals surface area contributed by atoms with Gasteiger partial charge in [0.2, 0.25) is 5.91 Å². The van der Waals surface area contributed by atoms with Crippen LogP contribution in [0.2, 0.25) is 0 Å². The van der Waals surface area contributed by atoms with Gasteiger partial charge in [-0.15, -0.1) is 12.4 Å². The Morgan fingerprint density at radius 2 is 2.04 bits per heavy atom. The summed E-state index contributed by atoms with van der Waals surface area (Å²) in [6.45, 7) is 1.44. The molecule has 0 radical (unpaired) electrons. The van der Waals surface area contributed by atoms with Gasteiger partial charge in [0, 0.05) is 38.2 Å². The van der Waals surface area contributed by atoms with Crippen molar-refractivity contribution in [3.8, 4) is 11.5 Å². The summed E-state index contributed by atoms with van der Waals surface area (Å²) in [4.78, 5) is 26.5. The van der Waals surface area contributed by atoms with Crippen molar-refractivity contribution in [2.45, 2.75) is 31.7 Å². The lowest BCUT2D eigenvalue weighted by atomic mass is 10.00. The molecule has 1 fully saturated rings. The predicted molar refractivity (Wildman–Crippen MR) is 102 cm³/mol. The van der Waals surface area contributed by atoms with Gasteiger partial charge in [-0.1, -0.05) is 0 Å². The summed E-state index contributed by atoms with van der Waals surface area (Å²) >= 11 is 0. The molecule has 1 heterocycles. The van der Waals surface area contributed by atoms with Crippen molar-refractivity contribution in [1.82, 2.24) is 10.2 Å². The zero-order valence-electron chi connectivity index (χ0n) is 15.3. The summed E-state index contributed by atoms with van der Waals surface area (Å²) in [7, 11) is 3.10. The van der Waals surface area contributed by atoms with Gasteiger partial charge >= 0.3 is 0 Å². The average molecular weight is 386 g/mol. The molecule has 26 heavy (non-hydrogen) atoms. The Morgan fingerprint density at radius 3 is 2.69 bits per heavy atom. The zero-order chi connectivity index (χ0) is 18.2. The van der Waals surface area contributed by atoms with E-state index in [1.54, 1.807) is 25.3 Å². The van der Waals surface area contributed by atoms with Crippen molar-refractivity contribution in [3.63, 3.8) is 0 Å². The lowest BCUT2D eigenvalue weighted by molar-refractivity contribution is -0.121. The SMILES string of the molecule is COc1ccc(C(=O)N2CCCCC2CNC(=O)CCN)c(OC)c1.Cl. The molecular weight excluding hydrogens is 358 g/mol. The molecule has 0 aliphatic carbocycles. The van der Waals surface area contributed by atoms with Gasteiger partial charge in [0.05, 0.1) is 19.8 Å². The Balaban J connectivity index is 0.00000338. The molecule has 2 amide bonds. The first-order valence-electron chi connectivity index (χ1n) is 8.60. The second-order valence-corrected chi connectivity index (χ2v) is 6.06. The molecule has 1 atom stereocenters. The molecule has 1 saturated heterocycles. The number of likely N-dealkylation sites (tertiary alicyclic amines) is 1. The van der Waals surface area contributed by atoms with Crippen molar-refractivity contribution < 1.29 is 19.1 Å². The van der Waals surface area contributed by atoms with E-state index < -0.39 is 0 Å². The molecule has 146 valence electrons. The van der Waals surface area contributed by atoms with Gasteiger partial charge in [0.25, 0.3) is 5.91 Å². The van der Waals surface area contributed by atoms with Gasteiger partial charge < -0.3 is 25.4 Å². The molecule has 7 nitrogen and oxygen atoms in total. The van der Waals surface area contributed by atoms with Crippen LogP contribution in [-0.4, -0.2) is 56.6 Å². The second kappa shape index (κ2) is 10.9. The fraction of sp³-hybridized carbons (Fsp3) is 0.556. The van der Waals surface area contributed by atoms with E-state index in [9.17, 15) is 9.59 Å². The first-order chi connectivity index (χ1) is 12.1. The number of ether oxygens (including phenoxy) is 2. The van der Waals surface area contributed by atoms with Crippen molar-refractivity contribution in [3.05, 3.63) is 23.8 Å². The number of rotatable bonds is 7. The fourth-order valence-corrected chi connectivity index (χ4v) is 3.06. The Bertz CT molecular complexity index is 612. The maximum Gasteiger partial charge on any atom is 0.257 e. The topological polar surface area (TPSA) is 93.9 Å². The predicted octanol–water partition coefficient (Wildman–Crippen LogP) is 1.59. The van der Waals surface area contributed by atoms with Crippen LogP contribution in [0.1, 0.15) is 36.0 Å². The molecule has 1 aromatic rings. The smallest absolute Gasteiger partial charge is 0.257 e. The molecule has 0 spiro atoms. The lowest BCUT2D eigenvalue weighted by Gasteiger charge is -2.36. The van der Waals surface area contributed by atoms with Crippen LogP contribution >= 0.6 is 12.4 Å². The third kappa shape index (κ3) is 5.51. The summed E-state index contributed by atoms with van der Waals surface area (Å²) in [5.41, 5.74) is 5.90. The number of piperidine rings is 1. The van der Waals surface area contributed by atoms with Crippen molar-refractivity contribution in [1.29, 1.82) is 0 Å². The van der Waals surface area contributed by atoms with Crippen molar-refractivity contribution >= 4 is 24.2 Å².